The zero-order valence-corrected chi connectivity index (χ0v) is 13.9. The molecule has 25 heavy (non-hydrogen) atoms. The molecule has 0 bridgehead atoms. The van der Waals surface area contributed by atoms with Crippen LogP contribution in [-0.4, -0.2) is 22.0 Å². The maximum Gasteiger partial charge on any atom is 0.408 e. The summed E-state index contributed by atoms with van der Waals surface area (Å²) >= 11 is 0. The van der Waals surface area contributed by atoms with Crippen LogP contribution < -0.4 is 10.6 Å². The highest BCUT2D eigenvalue weighted by atomic mass is 19.4. The molecule has 1 aliphatic rings. The Morgan fingerprint density at radius 3 is 2.76 bits per heavy atom. The van der Waals surface area contributed by atoms with Crippen molar-refractivity contribution in [2.45, 2.75) is 44.4 Å². The van der Waals surface area contributed by atoms with Crippen LogP contribution in [0.4, 0.5) is 23.8 Å². The zero-order chi connectivity index (χ0) is 18.2. The zero-order valence-electron chi connectivity index (χ0n) is 13.9. The second-order valence-corrected chi connectivity index (χ2v) is 6.84. The van der Waals surface area contributed by atoms with E-state index in [1.54, 1.807) is 0 Å². The average molecular weight is 352 g/mol. The van der Waals surface area contributed by atoms with E-state index in [1.165, 1.54) is 17.8 Å². The third kappa shape index (κ3) is 3.94. The first kappa shape index (κ1) is 17.3. The van der Waals surface area contributed by atoms with Crippen molar-refractivity contribution in [3.05, 3.63) is 47.7 Å². The highest BCUT2D eigenvalue weighted by Crippen LogP contribution is 2.44. The fourth-order valence-electron chi connectivity index (χ4n) is 3.29. The van der Waals surface area contributed by atoms with Crippen molar-refractivity contribution in [3.8, 4) is 0 Å². The number of amides is 2. The summed E-state index contributed by atoms with van der Waals surface area (Å²) in [5.41, 5.74) is 2.20. The molecule has 0 fully saturated rings. The van der Waals surface area contributed by atoms with Crippen LogP contribution in [0.3, 0.4) is 0 Å². The summed E-state index contributed by atoms with van der Waals surface area (Å²) in [6.07, 6.45) is -2.43. The topological polar surface area (TPSA) is 59.0 Å². The fraction of sp³-hybridized carbons (Fsp3) is 0.412. The van der Waals surface area contributed by atoms with Gasteiger partial charge in [0.05, 0.1) is 6.04 Å². The van der Waals surface area contributed by atoms with Crippen LogP contribution in [0.15, 0.2) is 36.5 Å². The van der Waals surface area contributed by atoms with Gasteiger partial charge in [0.2, 0.25) is 0 Å². The second-order valence-electron chi connectivity index (χ2n) is 6.84. The summed E-state index contributed by atoms with van der Waals surface area (Å²) in [5.74, 6) is 0.0762. The Hall–Kier alpha value is -2.51. The van der Waals surface area contributed by atoms with E-state index in [0.717, 1.165) is 16.7 Å². The predicted octanol–water partition coefficient (Wildman–Crippen LogP) is 3.99. The van der Waals surface area contributed by atoms with E-state index in [9.17, 15) is 18.0 Å². The molecule has 1 aliphatic carbocycles. The molecular weight excluding hydrogens is 333 g/mol. The number of urea groups is 1. The van der Waals surface area contributed by atoms with Crippen LogP contribution in [0.1, 0.15) is 37.4 Å². The van der Waals surface area contributed by atoms with E-state index in [4.69, 9.17) is 0 Å². The summed E-state index contributed by atoms with van der Waals surface area (Å²) in [7, 11) is 0. The van der Waals surface area contributed by atoms with Crippen molar-refractivity contribution < 1.29 is 18.0 Å². The lowest BCUT2D eigenvalue weighted by Crippen LogP contribution is -2.32. The predicted molar refractivity (Wildman–Crippen MR) is 87.3 cm³/mol. The Balaban J connectivity index is 1.64. The standard InChI is InChI=1S/C17H19F3N4O/c1-16(2)9-13(11-5-3-4-6-12(11)16)21-15(25)22-14-7-8-24(23-14)10-17(18,19)20/h3-8,13H,9-10H2,1-2H3,(H2,21,22,23,25). The number of halogens is 3. The minimum atomic E-state index is -4.36. The van der Waals surface area contributed by atoms with Crippen molar-refractivity contribution in [2.75, 3.05) is 5.32 Å². The van der Waals surface area contributed by atoms with Gasteiger partial charge in [-0.2, -0.15) is 18.3 Å². The van der Waals surface area contributed by atoms with E-state index < -0.39 is 18.8 Å². The van der Waals surface area contributed by atoms with Crippen LogP contribution in [-0.2, 0) is 12.0 Å². The number of rotatable bonds is 3. The van der Waals surface area contributed by atoms with Crippen LogP contribution in [0.2, 0.25) is 0 Å². The minimum Gasteiger partial charge on any atom is -0.331 e. The highest BCUT2D eigenvalue weighted by Gasteiger charge is 2.37. The van der Waals surface area contributed by atoms with Gasteiger partial charge in [0.1, 0.15) is 6.54 Å². The van der Waals surface area contributed by atoms with Gasteiger partial charge in [0, 0.05) is 12.3 Å². The van der Waals surface area contributed by atoms with Crippen LogP contribution in [0, 0.1) is 0 Å². The number of carbonyl (C=O) groups is 1. The molecule has 1 aromatic heterocycles. The molecule has 1 unspecified atom stereocenters. The van der Waals surface area contributed by atoms with Crippen molar-refractivity contribution in [1.82, 2.24) is 15.1 Å². The minimum absolute atomic E-state index is 0.0528. The number of nitrogens with one attached hydrogen (secondary N) is 2. The van der Waals surface area contributed by atoms with Gasteiger partial charge in [-0.15, -0.1) is 0 Å². The third-order valence-corrected chi connectivity index (χ3v) is 4.31. The van der Waals surface area contributed by atoms with Crippen molar-refractivity contribution in [2.24, 2.45) is 0 Å². The lowest BCUT2D eigenvalue weighted by molar-refractivity contribution is -0.142. The Kier molecular flexibility index (Phi) is 4.22. The van der Waals surface area contributed by atoms with Gasteiger partial charge < -0.3 is 5.32 Å². The molecule has 0 spiro atoms. The Morgan fingerprint density at radius 1 is 1.32 bits per heavy atom. The summed E-state index contributed by atoms with van der Waals surface area (Å²) < 4.78 is 37.7. The maximum absolute atomic E-state index is 12.3. The van der Waals surface area contributed by atoms with Gasteiger partial charge in [-0.05, 0) is 23.0 Å². The number of alkyl halides is 3. The number of fused-ring (bicyclic) bond motifs is 1. The SMILES string of the molecule is CC1(C)CC(NC(=O)Nc2ccn(CC(F)(F)F)n2)c2ccccc21. The largest absolute Gasteiger partial charge is 0.408 e. The van der Waals surface area contributed by atoms with Gasteiger partial charge in [0.15, 0.2) is 5.82 Å². The van der Waals surface area contributed by atoms with Crippen LogP contribution >= 0.6 is 0 Å². The molecule has 3 rings (SSSR count). The maximum atomic E-state index is 12.3. The van der Waals surface area contributed by atoms with Crippen molar-refractivity contribution in [3.63, 3.8) is 0 Å². The molecule has 1 heterocycles. The number of carbonyl (C=O) groups excluding carboxylic acids is 1. The van der Waals surface area contributed by atoms with Crippen LogP contribution in [0.5, 0.6) is 0 Å². The monoisotopic (exact) mass is 352 g/mol. The molecular formula is C17H19F3N4O. The lowest BCUT2D eigenvalue weighted by atomic mass is 9.86. The van der Waals surface area contributed by atoms with Crippen molar-refractivity contribution >= 4 is 11.8 Å². The smallest absolute Gasteiger partial charge is 0.331 e. The Morgan fingerprint density at radius 2 is 2.04 bits per heavy atom. The molecule has 2 N–H and O–H groups in total. The number of anilines is 1. The second kappa shape index (κ2) is 6.09. The Labute approximate surface area is 143 Å². The first-order valence-electron chi connectivity index (χ1n) is 7.91. The molecule has 5 nitrogen and oxygen atoms in total. The summed E-state index contributed by atoms with van der Waals surface area (Å²) in [4.78, 5) is 12.2. The average Bonchev–Trinajstić information content (AvgIpc) is 3.00. The Bertz CT molecular complexity index is 782. The molecule has 1 aromatic carbocycles. The molecule has 0 radical (unpaired) electrons. The molecule has 134 valence electrons. The van der Waals surface area contributed by atoms with E-state index in [0.29, 0.717) is 0 Å². The van der Waals surface area contributed by atoms with E-state index in [1.807, 2.05) is 24.3 Å². The van der Waals surface area contributed by atoms with Gasteiger partial charge in [-0.25, -0.2) is 4.79 Å². The summed E-state index contributed by atoms with van der Waals surface area (Å²) in [6.45, 7) is 3.04. The number of hydrogen-bond donors (Lipinski definition) is 2. The summed E-state index contributed by atoms with van der Waals surface area (Å²) in [5, 5.41) is 9.07. The number of benzene rings is 1. The summed E-state index contributed by atoms with van der Waals surface area (Å²) in [6, 6.07) is 8.61. The number of aromatic nitrogens is 2. The molecule has 0 saturated heterocycles. The van der Waals surface area contributed by atoms with Gasteiger partial charge >= 0.3 is 12.2 Å². The molecule has 8 heteroatoms. The van der Waals surface area contributed by atoms with Gasteiger partial charge in [-0.1, -0.05) is 38.1 Å². The normalized spacial score (nSPS) is 18.7. The molecule has 0 saturated carbocycles. The van der Waals surface area contributed by atoms with Gasteiger partial charge in [0.25, 0.3) is 0 Å². The van der Waals surface area contributed by atoms with Crippen LogP contribution in [0.25, 0.3) is 0 Å². The number of hydrogen-bond acceptors (Lipinski definition) is 2. The van der Waals surface area contributed by atoms with E-state index in [2.05, 4.69) is 29.6 Å². The first-order valence-corrected chi connectivity index (χ1v) is 7.91. The molecule has 1 atom stereocenters. The molecule has 0 aliphatic heterocycles. The highest BCUT2D eigenvalue weighted by molar-refractivity contribution is 5.88. The van der Waals surface area contributed by atoms with E-state index >= 15 is 0 Å². The first-order chi connectivity index (χ1) is 11.6. The van der Waals surface area contributed by atoms with Gasteiger partial charge in [-0.3, -0.25) is 10.00 Å². The van der Waals surface area contributed by atoms with E-state index in [-0.39, 0.29) is 17.3 Å². The molecule has 2 amide bonds. The molecule has 2 aromatic rings. The van der Waals surface area contributed by atoms with Crippen molar-refractivity contribution in [1.29, 1.82) is 0 Å². The lowest BCUT2D eigenvalue weighted by Gasteiger charge is -2.19. The number of nitrogens with zero attached hydrogens (tertiary/aromatic N) is 2. The third-order valence-electron chi connectivity index (χ3n) is 4.31. The fourth-order valence-corrected chi connectivity index (χ4v) is 3.29. The quantitative estimate of drug-likeness (QED) is 0.877.